The Morgan fingerprint density at radius 2 is 2.50 bits per heavy atom. The number of rotatable bonds is 1. The van der Waals surface area contributed by atoms with Gasteiger partial charge in [0, 0.05) is 31.4 Å². The molecule has 1 amide bonds. The maximum absolute atomic E-state index is 11.8. The lowest BCUT2D eigenvalue weighted by molar-refractivity contribution is -0.130. The minimum atomic E-state index is -0.474. The van der Waals surface area contributed by atoms with Gasteiger partial charge in [0.05, 0.1) is 0 Å². The van der Waals surface area contributed by atoms with Crippen LogP contribution in [0.4, 0.5) is 5.82 Å². The van der Waals surface area contributed by atoms with E-state index in [-0.39, 0.29) is 5.91 Å². The summed E-state index contributed by atoms with van der Waals surface area (Å²) < 4.78 is 0. The smallest absolute Gasteiger partial charge is 0.240 e. The molecule has 0 bridgehead atoms. The molecule has 1 aromatic heterocycles. The third-order valence-corrected chi connectivity index (χ3v) is 2.77. The first kappa shape index (κ1) is 11.2. The summed E-state index contributed by atoms with van der Waals surface area (Å²) in [4.78, 5) is 17.8. The highest BCUT2D eigenvalue weighted by atomic mass is 35.5. The number of carbonyl (C=O) groups excluding carboxylic acids is 1. The molecule has 0 aliphatic carbocycles. The predicted octanol–water partition coefficient (Wildman–Crippen LogP) is 1.46. The molecule has 16 heavy (non-hydrogen) atoms. The highest BCUT2D eigenvalue weighted by molar-refractivity contribution is 6.30. The lowest BCUT2D eigenvalue weighted by atomic mass is 10.2. The van der Waals surface area contributed by atoms with E-state index in [1.165, 1.54) is 0 Å². The van der Waals surface area contributed by atoms with E-state index < -0.39 is 5.38 Å². The van der Waals surface area contributed by atoms with E-state index in [4.69, 9.17) is 11.6 Å². The Morgan fingerprint density at radius 1 is 1.69 bits per heavy atom. The highest BCUT2D eigenvalue weighted by Crippen LogP contribution is 2.18. The van der Waals surface area contributed by atoms with Crippen LogP contribution < -0.4 is 5.32 Å². The SMILES string of the molecule is CC(Cl)C(=O)N1CCNc2ncccc2C1. The van der Waals surface area contributed by atoms with Crippen molar-refractivity contribution in [2.75, 3.05) is 18.4 Å². The lowest BCUT2D eigenvalue weighted by Crippen LogP contribution is -2.36. The van der Waals surface area contributed by atoms with Gasteiger partial charge in [-0.15, -0.1) is 11.6 Å². The second kappa shape index (κ2) is 4.70. The summed E-state index contributed by atoms with van der Waals surface area (Å²) in [6, 6.07) is 3.85. The molecule has 5 heteroatoms. The molecule has 2 heterocycles. The van der Waals surface area contributed by atoms with Crippen molar-refractivity contribution in [3.05, 3.63) is 23.9 Å². The van der Waals surface area contributed by atoms with Crippen LogP contribution in [0.5, 0.6) is 0 Å². The Balaban J connectivity index is 2.20. The maximum Gasteiger partial charge on any atom is 0.240 e. The number of aromatic nitrogens is 1. The van der Waals surface area contributed by atoms with Gasteiger partial charge < -0.3 is 10.2 Å². The second-order valence-corrected chi connectivity index (χ2v) is 4.47. The van der Waals surface area contributed by atoms with Gasteiger partial charge in [0.15, 0.2) is 0 Å². The fraction of sp³-hybridized carbons (Fsp3) is 0.455. The molecule has 2 rings (SSSR count). The van der Waals surface area contributed by atoms with E-state index in [9.17, 15) is 4.79 Å². The number of nitrogens with zero attached hydrogens (tertiary/aromatic N) is 2. The van der Waals surface area contributed by atoms with Crippen LogP contribution in [-0.4, -0.2) is 34.3 Å². The van der Waals surface area contributed by atoms with Gasteiger partial charge in [-0.1, -0.05) is 6.07 Å². The van der Waals surface area contributed by atoms with Gasteiger partial charge in [0.25, 0.3) is 0 Å². The number of halogens is 1. The molecule has 0 saturated heterocycles. The van der Waals surface area contributed by atoms with Crippen molar-refractivity contribution in [3.63, 3.8) is 0 Å². The van der Waals surface area contributed by atoms with Gasteiger partial charge in [0.2, 0.25) is 5.91 Å². The summed E-state index contributed by atoms with van der Waals surface area (Å²) in [7, 11) is 0. The molecule has 0 saturated carbocycles. The van der Waals surface area contributed by atoms with Crippen LogP contribution in [0.25, 0.3) is 0 Å². The summed E-state index contributed by atoms with van der Waals surface area (Å²) in [5, 5.41) is 2.73. The molecule has 86 valence electrons. The number of alkyl halides is 1. The predicted molar refractivity (Wildman–Crippen MR) is 63.5 cm³/mol. The molecule has 1 unspecified atom stereocenters. The van der Waals surface area contributed by atoms with Crippen LogP contribution in [-0.2, 0) is 11.3 Å². The van der Waals surface area contributed by atoms with E-state index in [0.717, 1.165) is 11.4 Å². The minimum Gasteiger partial charge on any atom is -0.368 e. The van der Waals surface area contributed by atoms with Gasteiger partial charge in [0.1, 0.15) is 11.2 Å². The zero-order chi connectivity index (χ0) is 11.5. The van der Waals surface area contributed by atoms with Crippen molar-refractivity contribution in [3.8, 4) is 0 Å². The first-order valence-corrected chi connectivity index (χ1v) is 5.73. The Labute approximate surface area is 99.6 Å². The molecule has 0 aromatic carbocycles. The van der Waals surface area contributed by atoms with Crippen molar-refractivity contribution >= 4 is 23.3 Å². The molecule has 1 aliphatic heterocycles. The molecule has 0 radical (unpaired) electrons. The number of amides is 1. The average Bonchev–Trinajstić information content (AvgIpc) is 2.49. The van der Waals surface area contributed by atoms with Crippen LogP contribution in [0.15, 0.2) is 18.3 Å². The zero-order valence-electron chi connectivity index (χ0n) is 9.11. The summed E-state index contributed by atoms with van der Waals surface area (Å²) in [5.41, 5.74) is 1.03. The normalized spacial score (nSPS) is 17.0. The van der Waals surface area contributed by atoms with Crippen molar-refractivity contribution < 1.29 is 4.79 Å². The van der Waals surface area contributed by atoms with Gasteiger partial charge in [-0.25, -0.2) is 4.98 Å². The Kier molecular flexibility index (Phi) is 3.29. The molecule has 1 aliphatic rings. The third-order valence-electron chi connectivity index (χ3n) is 2.58. The quantitative estimate of drug-likeness (QED) is 0.755. The fourth-order valence-electron chi connectivity index (χ4n) is 1.76. The minimum absolute atomic E-state index is 0.0276. The van der Waals surface area contributed by atoms with Crippen LogP contribution in [0.2, 0.25) is 0 Å². The van der Waals surface area contributed by atoms with Gasteiger partial charge >= 0.3 is 0 Å². The molecule has 1 N–H and O–H groups in total. The number of hydrogen-bond donors (Lipinski definition) is 1. The number of hydrogen-bond acceptors (Lipinski definition) is 3. The lowest BCUT2D eigenvalue weighted by Gasteiger charge is -2.21. The fourth-order valence-corrected chi connectivity index (χ4v) is 1.90. The number of carbonyl (C=O) groups is 1. The third kappa shape index (κ3) is 2.27. The molecule has 0 spiro atoms. The van der Waals surface area contributed by atoms with E-state index in [1.807, 2.05) is 12.1 Å². The van der Waals surface area contributed by atoms with E-state index in [0.29, 0.717) is 19.6 Å². The van der Waals surface area contributed by atoms with Gasteiger partial charge in [-0.2, -0.15) is 0 Å². The van der Waals surface area contributed by atoms with Crippen LogP contribution in [0, 0.1) is 0 Å². The van der Waals surface area contributed by atoms with Crippen molar-refractivity contribution in [1.82, 2.24) is 9.88 Å². The summed E-state index contributed by atoms with van der Waals surface area (Å²) in [5.74, 6) is 0.834. The number of pyridine rings is 1. The molecule has 0 fully saturated rings. The summed E-state index contributed by atoms with van der Waals surface area (Å²) in [6.07, 6.45) is 1.74. The second-order valence-electron chi connectivity index (χ2n) is 3.81. The van der Waals surface area contributed by atoms with Crippen molar-refractivity contribution in [2.24, 2.45) is 0 Å². The van der Waals surface area contributed by atoms with E-state index >= 15 is 0 Å². The topological polar surface area (TPSA) is 45.2 Å². The zero-order valence-corrected chi connectivity index (χ0v) is 9.87. The average molecular weight is 240 g/mol. The standard InChI is InChI=1S/C11H14ClN3O/c1-8(12)11(16)15-6-5-14-10-9(7-15)3-2-4-13-10/h2-4,8H,5-7H2,1H3,(H,13,14). The largest absolute Gasteiger partial charge is 0.368 e. The first-order chi connectivity index (χ1) is 7.68. The Hall–Kier alpha value is -1.29. The van der Waals surface area contributed by atoms with E-state index in [1.54, 1.807) is 18.0 Å². The Morgan fingerprint density at radius 3 is 3.25 bits per heavy atom. The van der Waals surface area contributed by atoms with Crippen LogP contribution in [0.3, 0.4) is 0 Å². The van der Waals surface area contributed by atoms with Crippen molar-refractivity contribution in [2.45, 2.75) is 18.8 Å². The molecule has 1 aromatic rings. The molecular formula is C11H14ClN3O. The summed E-state index contributed by atoms with van der Waals surface area (Å²) >= 11 is 5.81. The van der Waals surface area contributed by atoms with Crippen LogP contribution >= 0.6 is 11.6 Å². The molecule has 4 nitrogen and oxygen atoms in total. The van der Waals surface area contributed by atoms with Gasteiger partial charge in [-0.05, 0) is 13.0 Å². The van der Waals surface area contributed by atoms with Crippen molar-refractivity contribution in [1.29, 1.82) is 0 Å². The molecule has 1 atom stereocenters. The van der Waals surface area contributed by atoms with Gasteiger partial charge in [-0.3, -0.25) is 4.79 Å². The first-order valence-electron chi connectivity index (χ1n) is 5.29. The van der Waals surface area contributed by atoms with E-state index in [2.05, 4.69) is 10.3 Å². The number of fused-ring (bicyclic) bond motifs is 1. The number of nitrogens with one attached hydrogen (secondary N) is 1. The number of anilines is 1. The maximum atomic E-state index is 11.8. The molecular weight excluding hydrogens is 226 g/mol. The monoisotopic (exact) mass is 239 g/mol. The van der Waals surface area contributed by atoms with Crippen LogP contribution in [0.1, 0.15) is 12.5 Å². The summed E-state index contributed by atoms with van der Waals surface area (Å²) in [6.45, 7) is 3.64. The Bertz CT molecular complexity index is 395. The highest BCUT2D eigenvalue weighted by Gasteiger charge is 2.21.